The summed E-state index contributed by atoms with van der Waals surface area (Å²) in [4.78, 5) is 12.1. The van der Waals surface area contributed by atoms with Crippen LogP contribution in [0.15, 0.2) is 30.3 Å². The highest BCUT2D eigenvalue weighted by atomic mass is 16.5. The Kier molecular flexibility index (Phi) is 2.44. The number of aromatic nitrogens is 2. The van der Waals surface area contributed by atoms with Gasteiger partial charge in [-0.2, -0.15) is 5.10 Å². The maximum atomic E-state index is 12.1. The third-order valence-electron chi connectivity index (χ3n) is 3.18. The molecule has 4 nitrogen and oxygen atoms in total. The summed E-state index contributed by atoms with van der Waals surface area (Å²) in [6.07, 6.45) is 0. The smallest absolute Gasteiger partial charge is 0.228 e. The second-order valence-electron chi connectivity index (χ2n) is 4.59. The fraction of sp³-hybridized carbons (Fsp3) is 0.286. The highest BCUT2D eigenvalue weighted by molar-refractivity contribution is 6.01. The Morgan fingerprint density at radius 3 is 2.78 bits per heavy atom. The Hall–Kier alpha value is -2.10. The number of fused-ring (bicyclic) bond motifs is 1. The standard InChI is InChI=1S/C14H14N2O2/c1-9-8-18-14-12(13(9)17)10(2)15-16(14)11-6-4-3-5-7-11/h3-7,9H,8H2,1-2H3. The molecule has 0 radical (unpaired) electrons. The van der Waals surface area contributed by atoms with Crippen molar-refractivity contribution in [1.82, 2.24) is 9.78 Å². The molecule has 1 aromatic heterocycles. The molecule has 0 fully saturated rings. The molecular weight excluding hydrogens is 228 g/mol. The second-order valence-corrected chi connectivity index (χ2v) is 4.59. The van der Waals surface area contributed by atoms with Crippen LogP contribution in [-0.2, 0) is 0 Å². The molecule has 1 aliphatic rings. The number of hydrogen-bond acceptors (Lipinski definition) is 3. The van der Waals surface area contributed by atoms with Crippen LogP contribution in [0.25, 0.3) is 5.69 Å². The van der Waals surface area contributed by atoms with Gasteiger partial charge in [-0.15, -0.1) is 0 Å². The Morgan fingerprint density at radius 1 is 1.33 bits per heavy atom. The molecular formula is C14H14N2O2. The van der Waals surface area contributed by atoms with Gasteiger partial charge in [-0.3, -0.25) is 4.79 Å². The molecule has 1 unspecified atom stereocenters. The predicted octanol–water partition coefficient (Wildman–Crippen LogP) is 2.39. The van der Waals surface area contributed by atoms with Crippen LogP contribution in [0.3, 0.4) is 0 Å². The molecule has 0 amide bonds. The van der Waals surface area contributed by atoms with Crippen molar-refractivity contribution >= 4 is 5.78 Å². The van der Waals surface area contributed by atoms with Gasteiger partial charge in [0.25, 0.3) is 0 Å². The summed E-state index contributed by atoms with van der Waals surface area (Å²) in [6, 6.07) is 9.70. The SMILES string of the molecule is Cc1nn(-c2ccccc2)c2c1C(=O)C(C)CO2. The van der Waals surface area contributed by atoms with E-state index in [1.165, 1.54) is 0 Å². The summed E-state index contributed by atoms with van der Waals surface area (Å²) in [5, 5.41) is 4.42. The minimum absolute atomic E-state index is 0.0929. The average molecular weight is 242 g/mol. The van der Waals surface area contributed by atoms with E-state index in [0.717, 1.165) is 11.4 Å². The van der Waals surface area contributed by atoms with Crippen molar-refractivity contribution in [1.29, 1.82) is 0 Å². The largest absolute Gasteiger partial charge is 0.476 e. The number of Topliss-reactive ketones (excluding diaryl/α,β-unsaturated/α-hetero) is 1. The van der Waals surface area contributed by atoms with Crippen molar-refractivity contribution in [3.05, 3.63) is 41.6 Å². The van der Waals surface area contributed by atoms with Crippen LogP contribution in [0.1, 0.15) is 23.0 Å². The van der Waals surface area contributed by atoms with Crippen molar-refractivity contribution in [2.24, 2.45) is 5.92 Å². The highest BCUT2D eigenvalue weighted by Crippen LogP contribution is 2.31. The van der Waals surface area contributed by atoms with Crippen molar-refractivity contribution in [2.45, 2.75) is 13.8 Å². The first-order chi connectivity index (χ1) is 8.68. The van der Waals surface area contributed by atoms with Gasteiger partial charge in [-0.05, 0) is 19.1 Å². The van der Waals surface area contributed by atoms with E-state index in [1.54, 1.807) is 4.68 Å². The summed E-state index contributed by atoms with van der Waals surface area (Å²) in [5.74, 6) is 0.599. The van der Waals surface area contributed by atoms with Gasteiger partial charge in [0, 0.05) is 0 Å². The zero-order chi connectivity index (χ0) is 12.7. The third kappa shape index (κ3) is 1.53. The van der Waals surface area contributed by atoms with Crippen molar-refractivity contribution in [3.8, 4) is 11.6 Å². The van der Waals surface area contributed by atoms with Gasteiger partial charge in [-0.1, -0.05) is 25.1 Å². The highest BCUT2D eigenvalue weighted by Gasteiger charge is 2.32. The molecule has 0 spiro atoms. The molecule has 1 atom stereocenters. The molecule has 0 bridgehead atoms. The Morgan fingerprint density at radius 2 is 2.06 bits per heavy atom. The van der Waals surface area contributed by atoms with Crippen LogP contribution in [-0.4, -0.2) is 22.2 Å². The fourth-order valence-electron chi connectivity index (χ4n) is 2.19. The topological polar surface area (TPSA) is 44.1 Å². The molecule has 2 heterocycles. The van der Waals surface area contributed by atoms with Crippen LogP contribution < -0.4 is 4.74 Å². The first-order valence-corrected chi connectivity index (χ1v) is 6.00. The first-order valence-electron chi connectivity index (χ1n) is 6.00. The van der Waals surface area contributed by atoms with E-state index in [-0.39, 0.29) is 11.7 Å². The number of nitrogens with zero attached hydrogens (tertiary/aromatic N) is 2. The van der Waals surface area contributed by atoms with Crippen molar-refractivity contribution < 1.29 is 9.53 Å². The Bertz CT molecular complexity index is 602. The first kappa shape index (κ1) is 11.0. The molecule has 0 N–H and O–H groups in total. The quantitative estimate of drug-likeness (QED) is 0.771. The summed E-state index contributed by atoms with van der Waals surface area (Å²) < 4.78 is 7.39. The van der Waals surface area contributed by atoms with E-state index in [1.807, 2.05) is 44.2 Å². The number of ether oxygens (including phenoxy) is 1. The lowest BCUT2D eigenvalue weighted by atomic mass is 9.98. The number of hydrogen-bond donors (Lipinski definition) is 0. The van der Waals surface area contributed by atoms with Gasteiger partial charge < -0.3 is 4.74 Å². The number of carbonyl (C=O) groups is 1. The van der Waals surface area contributed by atoms with Crippen LogP contribution in [0.4, 0.5) is 0 Å². The minimum Gasteiger partial charge on any atom is -0.476 e. The lowest BCUT2D eigenvalue weighted by molar-refractivity contribution is 0.0842. The molecule has 2 aromatic rings. The number of aryl methyl sites for hydroxylation is 1. The number of rotatable bonds is 1. The van der Waals surface area contributed by atoms with Gasteiger partial charge in [0.05, 0.1) is 23.9 Å². The lowest BCUT2D eigenvalue weighted by Crippen LogP contribution is -2.26. The molecule has 4 heteroatoms. The third-order valence-corrected chi connectivity index (χ3v) is 3.18. The van der Waals surface area contributed by atoms with E-state index in [2.05, 4.69) is 5.10 Å². The van der Waals surface area contributed by atoms with Crippen LogP contribution in [0, 0.1) is 12.8 Å². The van der Waals surface area contributed by atoms with Gasteiger partial charge in [-0.25, -0.2) is 4.68 Å². The van der Waals surface area contributed by atoms with E-state index in [4.69, 9.17) is 4.74 Å². The van der Waals surface area contributed by atoms with Gasteiger partial charge >= 0.3 is 0 Å². The maximum absolute atomic E-state index is 12.1. The summed E-state index contributed by atoms with van der Waals surface area (Å²) in [5.41, 5.74) is 2.26. The number of carbonyl (C=O) groups excluding carboxylic acids is 1. The molecule has 3 rings (SSSR count). The Balaban J connectivity index is 2.18. The molecule has 18 heavy (non-hydrogen) atoms. The summed E-state index contributed by atoms with van der Waals surface area (Å²) >= 11 is 0. The van der Waals surface area contributed by atoms with E-state index < -0.39 is 0 Å². The second kappa shape index (κ2) is 3.98. The number of para-hydroxylation sites is 1. The number of ketones is 1. The van der Waals surface area contributed by atoms with Crippen molar-refractivity contribution in [2.75, 3.05) is 6.61 Å². The van der Waals surface area contributed by atoms with E-state index in [9.17, 15) is 4.79 Å². The monoisotopic (exact) mass is 242 g/mol. The molecule has 1 aromatic carbocycles. The van der Waals surface area contributed by atoms with Gasteiger partial charge in [0.1, 0.15) is 5.56 Å². The van der Waals surface area contributed by atoms with Gasteiger partial charge in [0.2, 0.25) is 5.88 Å². The van der Waals surface area contributed by atoms with Gasteiger partial charge in [0.15, 0.2) is 5.78 Å². The lowest BCUT2D eigenvalue weighted by Gasteiger charge is -2.19. The molecule has 0 saturated heterocycles. The molecule has 0 saturated carbocycles. The molecule has 1 aliphatic heterocycles. The summed E-state index contributed by atoms with van der Waals surface area (Å²) in [6.45, 7) is 4.14. The number of benzene rings is 1. The van der Waals surface area contributed by atoms with E-state index >= 15 is 0 Å². The average Bonchev–Trinajstić information content (AvgIpc) is 2.73. The zero-order valence-corrected chi connectivity index (χ0v) is 10.4. The molecule has 0 aliphatic carbocycles. The maximum Gasteiger partial charge on any atom is 0.228 e. The van der Waals surface area contributed by atoms with Crippen LogP contribution in [0.2, 0.25) is 0 Å². The zero-order valence-electron chi connectivity index (χ0n) is 10.4. The normalized spacial score (nSPS) is 18.3. The van der Waals surface area contributed by atoms with Crippen LogP contribution in [0.5, 0.6) is 5.88 Å². The Labute approximate surface area is 105 Å². The predicted molar refractivity (Wildman–Crippen MR) is 67.3 cm³/mol. The minimum atomic E-state index is -0.0929. The summed E-state index contributed by atoms with van der Waals surface area (Å²) in [7, 11) is 0. The van der Waals surface area contributed by atoms with Crippen molar-refractivity contribution in [3.63, 3.8) is 0 Å². The van der Waals surface area contributed by atoms with E-state index in [0.29, 0.717) is 18.1 Å². The van der Waals surface area contributed by atoms with Crippen LogP contribution >= 0.6 is 0 Å². The molecule has 92 valence electrons. The fourth-order valence-corrected chi connectivity index (χ4v) is 2.19.